The lowest BCUT2D eigenvalue weighted by molar-refractivity contribution is -0.187. The molecule has 0 bridgehead atoms. The van der Waals surface area contributed by atoms with Crippen molar-refractivity contribution in [2.24, 2.45) is 0 Å². The quantitative estimate of drug-likeness (QED) is 0.303. The molecule has 0 aromatic heterocycles. The molecule has 184 valence electrons. The van der Waals surface area contributed by atoms with Gasteiger partial charge in [-0.15, -0.1) is 0 Å². The molecule has 0 aromatic rings. The maximum atomic E-state index is 12.2. The smallest absolute Gasteiger partial charge is 0.306 e. The van der Waals surface area contributed by atoms with Gasteiger partial charge < -0.3 is 28.8 Å². The van der Waals surface area contributed by atoms with E-state index in [1.54, 1.807) is 20.8 Å². The molecular formula is C22H36O10. The number of esters is 4. The van der Waals surface area contributed by atoms with Crippen molar-refractivity contribution in [1.82, 2.24) is 0 Å². The zero-order valence-electron chi connectivity index (χ0n) is 19.4. The number of carbonyl (C=O) groups excluding carboxylic acids is 4. The van der Waals surface area contributed by atoms with Crippen molar-refractivity contribution in [2.75, 3.05) is 6.61 Å². The van der Waals surface area contributed by atoms with Gasteiger partial charge in [-0.1, -0.05) is 27.7 Å². The molecule has 10 heteroatoms. The minimum atomic E-state index is -1.61. The van der Waals surface area contributed by atoms with E-state index < -0.39 is 54.6 Å². The summed E-state index contributed by atoms with van der Waals surface area (Å²) >= 11 is 0. The zero-order valence-corrected chi connectivity index (χ0v) is 19.4. The second-order valence-corrected chi connectivity index (χ2v) is 7.61. The molecule has 1 aliphatic rings. The monoisotopic (exact) mass is 460 g/mol. The molecule has 32 heavy (non-hydrogen) atoms. The maximum Gasteiger partial charge on any atom is 0.306 e. The highest BCUT2D eigenvalue weighted by atomic mass is 16.7. The molecule has 1 N–H and O–H groups in total. The number of rotatable bonds is 14. The molecule has 0 unspecified atom stereocenters. The van der Waals surface area contributed by atoms with Crippen molar-refractivity contribution in [2.45, 2.75) is 110 Å². The third-order valence-corrected chi connectivity index (χ3v) is 4.63. The van der Waals surface area contributed by atoms with E-state index in [2.05, 4.69) is 0 Å². The summed E-state index contributed by atoms with van der Waals surface area (Å²) in [4.78, 5) is 48.3. The van der Waals surface area contributed by atoms with Crippen LogP contribution in [0.25, 0.3) is 0 Å². The van der Waals surface area contributed by atoms with E-state index in [0.717, 1.165) is 0 Å². The first-order chi connectivity index (χ1) is 15.3. The van der Waals surface area contributed by atoms with E-state index in [1.807, 2.05) is 6.92 Å². The standard InChI is InChI=1S/C22H36O10/c1-5-9-15(23)28-13-14(29-16(24)10-6-2)19-20(30-17(25)11-7-3)21(22(27)32-19)31-18(26)12-8-4/h14,19-22,27H,5-13H2,1-4H3/t14-,19-,20+,21-,22+/m1/s1. The highest BCUT2D eigenvalue weighted by Crippen LogP contribution is 2.30. The summed E-state index contributed by atoms with van der Waals surface area (Å²) in [7, 11) is 0. The highest BCUT2D eigenvalue weighted by Gasteiger charge is 2.53. The summed E-state index contributed by atoms with van der Waals surface area (Å²) in [6, 6.07) is 0. The average molecular weight is 461 g/mol. The lowest BCUT2D eigenvalue weighted by Crippen LogP contribution is -2.47. The molecule has 0 saturated carbocycles. The van der Waals surface area contributed by atoms with Crippen LogP contribution in [0.5, 0.6) is 0 Å². The van der Waals surface area contributed by atoms with Crippen LogP contribution in [0.15, 0.2) is 0 Å². The molecular weight excluding hydrogens is 424 g/mol. The Labute approximate surface area is 188 Å². The Hall–Kier alpha value is -2.20. The topological polar surface area (TPSA) is 135 Å². The van der Waals surface area contributed by atoms with Gasteiger partial charge in [-0.25, -0.2) is 0 Å². The predicted molar refractivity (Wildman–Crippen MR) is 111 cm³/mol. The summed E-state index contributed by atoms with van der Waals surface area (Å²) in [5.41, 5.74) is 0. The van der Waals surface area contributed by atoms with Gasteiger partial charge in [0.25, 0.3) is 0 Å². The van der Waals surface area contributed by atoms with Gasteiger partial charge in [-0.05, 0) is 25.7 Å². The molecule has 0 spiro atoms. The van der Waals surface area contributed by atoms with E-state index in [0.29, 0.717) is 25.7 Å². The van der Waals surface area contributed by atoms with E-state index in [-0.39, 0.29) is 32.3 Å². The second-order valence-electron chi connectivity index (χ2n) is 7.61. The van der Waals surface area contributed by atoms with Gasteiger partial charge in [0, 0.05) is 25.7 Å². The van der Waals surface area contributed by atoms with Gasteiger partial charge in [-0.3, -0.25) is 19.2 Å². The molecule has 0 amide bonds. The Bertz CT molecular complexity index is 620. The van der Waals surface area contributed by atoms with Crippen LogP contribution in [0, 0.1) is 0 Å². The Balaban J connectivity index is 3.12. The SMILES string of the molecule is CCCC(=O)OC[C@@H](OC(=O)CCC)[C@H]1O[C@H](O)[C@H](OC(=O)CCC)[C@H]1OC(=O)CCC. The normalized spacial score (nSPS) is 23.3. The molecule has 5 atom stereocenters. The lowest BCUT2D eigenvalue weighted by atomic mass is 10.1. The lowest BCUT2D eigenvalue weighted by Gasteiger charge is -2.28. The van der Waals surface area contributed by atoms with Crippen LogP contribution in [0.4, 0.5) is 0 Å². The van der Waals surface area contributed by atoms with Gasteiger partial charge >= 0.3 is 23.9 Å². The maximum absolute atomic E-state index is 12.2. The highest BCUT2D eigenvalue weighted by molar-refractivity contribution is 5.71. The van der Waals surface area contributed by atoms with Crippen molar-refractivity contribution >= 4 is 23.9 Å². The number of hydrogen-bond acceptors (Lipinski definition) is 10. The number of hydrogen-bond donors (Lipinski definition) is 1. The van der Waals surface area contributed by atoms with Crippen LogP contribution in [-0.2, 0) is 42.9 Å². The molecule has 1 fully saturated rings. The van der Waals surface area contributed by atoms with Gasteiger partial charge in [-0.2, -0.15) is 0 Å². The van der Waals surface area contributed by atoms with Gasteiger partial charge in [0.05, 0.1) is 0 Å². The van der Waals surface area contributed by atoms with Crippen LogP contribution in [0.1, 0.15) is 79.1 Å². The molecule has 10 nitrogen and oxygen atoms in total. The van der Waals surface area contributed by atoms with Gasteiger partial charge in [0.15, 0.2) is 24.6 Å². The molecule has 0 aliphatic carbocycles. The minimum absolute atomic E-state index is 0.0979. The van der Waals surface area contributed by atoms with Crippen molar-refractivity contribution in [3.05, 3.63) is 0 Å². The average Bonchev–Trinajstić information content (AvgIpc) is 3.01. The third-order valence-electron chi connectivity index (χ3n) is 4.63. The second kappa shape index (κ2) is 14.8. The minimum Gasteiger partial charge on any atom is -0.462 e. The zero-order chi connectivity index (χ0) is 24.1. The first kappa shape index (κ1) is 27.8. The van der Waals surface area contributed by atoms with Gasteiger partial charge in [0.1, 0.15) is 12.7 Å². The summed E-state index contributed by atoms with van der Waals surface area (Å²) in [6.07, 6.45) is -3.88. The molecule has 1 rings (SSSR count). The Morgan fingerprint density at radius 3 is 1.75 bits per heavy atom. The Morgan fingerprint density at radius 1 is 0.750 bits per heavy atom. The van der Waals surface area contributed by atoms with Crippen LogP contribution in [0.2, 0.25) is 0 Å². The first-order valence-corrected chi connectivity index (χ1v) is 11.3. The fourth-order valence-corrected chi connectivity index (χ4v) is 3.13. The Morgan fingerprint density at radius 2 is 1.22 bits per heavy atom. The van der Waals surface area contributed by atoms with Crippen molar-refractivity contribution < 1.29 is 48.0 Å². The van der Waals surface area contributed by atoms with Crippen molar-refractivity contribution in [3.63, 3.8) is 0 Å². The van der Waals surface area contributed by atoms with E-state index >= 15 is 0 Å². The largest absolute Gasteiger partial charge is 0.462 e. The van der Waals surface area contributed by atoms with Gasteiger partial charge in [0.2, 0.25) is 0 Å². The van der Waals surface area contributed by atoms with Crippen LogP contribution < -0.4 is 0 Å². The van der Waals surface area contributed by atoms with Crippen LogP contribution in [-0.4, -0.2) is 66.3 Å². The molecule has 1 heterocycles. The predicted octanol–water partition coefficient (Wildman–Crippen LogP) is 2.18. The Kier molecular flexibility index (Phi) is 12.9. The van der Waals surface area contributed by atoms with Crippen LogP contribution >= 0.6 is 0 Å². The van der Waals surface area contributed by atoms with E-state index in [4.69, 9.17) is 23.7 Å². The van der Waals surface area contributed by atoms with Crippen LogP contribution in [0.3, 0.4) is 0 Å². The number of carbonyl (C=O) groups is 4. The number of ether oxygens (including phenoxy) is 5. The number of aliphatic hydroxyl groups excluding tert-OH is 1. The van der Waals surface area contributed by atoms with E-state index in [9.17, 15) is 24.3 Å². The summed E-state index contributed by atoms with van der Waals surface area (Å²) in [5.74, 6) is -2.23. The molecule has 1 aliphatic heterocycles. The molecule has 0 aromatic carbocycles. The fourth-order valence-electron chi connectivity index (χ4n) is 3.13. The fraction of sp³-hybridized carbons (Fsp3) is 0.818. The summed E-state index contributed by atoms with van der Waals surface area (Å²) < 4.78 is 26.9. The number of aliphatic hydroxyl groups is 1. The molecule has 1 saturated heterocycles. The van der Waals surface area contributed by atoms with E-state index in [1.165, 1.54) is 0 Å². The summed E-state index contributed by atoms with van der Waals surface area (Å²) in [6.45, 7) is 6.84. The first-order valence-electron chi connectivity index (χ1n) is 11.3. The summed E-state index contributed by atoms with van der Waals surface area (Å²) in [5, 5.41) is 10.4. The molecule has 0 radical (unpaired) electrons. The van der Waals surface area contributed by atoms with Crippen molar-refractivity contribution in [3.8, 4) is 0 Å². The van der Waals surface area contributed by atoms with Crippen molar-refractivity contribution in [1.29, 1.82) is 0 Å². The third kappa shape index (κ3) is 9.12.